The van der Waals surface area contributed by atoms with Gasteiger partial charge in [0.05, 0.1) is 21.8 Å². The molecule has 1 aromatic heterocycles. The van der Waals surface area contributed by atoms with Gasteiger partial charge in [0.25, 0.3) is 11.8 Å². The van der Waals surface area contributed by atoms with Crippen LogP contribution < -0.4 is 26.4 Å². The standard InChI is InChI=1S/C27H30ClN5O3.2C2HF3O2/c1-27(2,29)17-7-9-21(23(15-17)36-19-11-13-30-14-12-19)26(35)32-22-6-4-3-5-20(22)25(34)33-24-10-8-18(28)16-31-24;2*3-2(4,5)1(6)7/h3-10,15-16,19,30H,11-14,29H2,1-2H3,(H,32,35)(H,31,33,34);2*(H,6,7). The van der Waals surface area contributed by atoms with Gasteiger partial charge in [0.1, 0.15) is 17.7 Å². The van der Waals surface area contributed by atoms with Crippen LogP contribution >= 0.6 is 11.6 Å². The fraction of sp³-hybridized carbons (Fsp3) is 0.323. The Labute approximate surface area is 286 Å². The fourth-order valence-electron chi connectivity index (χ4n) is 3.91. The van der Waals surface area contributed by atoms with E-state index in [4.69, 9.17) is 41.9 Å². The smallest absolute Gasteiger partial charge is 0.489 e. The number of alkyl halides is 6. The Morgan fingerprint density at radius 2 is 1.40 bits per heavy atom. The number of carbonyl (C=O) groups excluding carboxylic acids is 2. The Morgan fingerprint density at radius 3 is 1.90 bits per heavy atom. The normalized spacial score (nSPS) is 13.4. The summed E-state index contributed by atoms with van der Waals surface area (Å²) in [7, 11) is 0. The van der Waals surface area contributed by atoms with Gasteiger partial charge in [-0.05, 0) is 81.7 Å². The van der Waals surface area contributed by atoms with E-state index in [0.29, 0.717) is 33.4 Å². The molecule has 4 rings (SSSR count). The van der Waals surface area contributed by atoms with Crippen molar-refractivity contribution in [3.63, 3.8) is 0 Å². The number of benzene rings is 2. The number of nitrogens with two attached hydrogens (primary N) is 1. The predicted octanol–water partition coefficient (Wildman–Crippen LogP) is 5.83. The number of carboxylic acids is 2. The molecule has 0 spiro atoms. The highest BCUT2D eigenvalue weighted by molar-refractivity contribution is 6.30. The molecule has 0 bridgehead atoms. The number of carbonyl (C=O) groups is 4. The summed E-state index contributed by atoms with van der Waals surface area (Å²) in [5, 5.41) is 23.6. The average molecular weight is 736 g/mol. The highest BCUT2D eigenvalue weighted by atomic mass is 35.5. The lowest BCUT2D eigenvalue weighted by Crippen LogP contribution is -2.35. The lowest BCUT2D eigenvalue weighted by Gasteiger charge is -2.27. The van der Waals surface area contributed by atoms with E-state index in [1.807, 2.05) is 26.0 Å². The van der Waals surface area contributed by atoms with Crippen LogP contribution in [0, 0.1) is 0 Å². The number of rotatable bonds is 7. The number of nitrogens with one attached hydrogen (secondary N) is 3. The van der Waals surface area contributed by atoms with Crippen molar-refractivity contribution < 1.29 is 60.5 Å². The summed E-state index contributed by atoms with van der Waals surface area (Å²) in [6, 6.07) is 15.4. The number of carboxylic acid groups (broad SMARTS) is 2. The molecule has 2 heterocycles. The molecule has 0 unspecified atom stereocenters. The first-order valence-corrected chi connectivity index (χ1v) is 14.7. The molecule has 1 aliphatic rings. The summed E-state index contributed by atoms with van der Waals surface area (Å²) < 4.78 is 69.8. The monoisotopic (exact) mass is 735 g/mol. The van der Waals surface area contributed by atoms with Crippen molar-refractivity contribution in [3.05, 3.63) is 82.5 Å². The molecule has 1 saturated heterocycles. The first-order chi connectivity index (χ1) is 23.1. The average Bonchev–Trinajstić information content (AvgIpc) is 3.02. The number of aliphatic carboxylic acids is 2. The second-order valence-electron chi connectivity index (χ2n) is 10.9. The van der Waals surface area contributed by atoms with Gasteiger partial charge < -0.3 is 36.6 Å². The molecule has 50 heavy (non-hydrogen) atoms. The molecule has 7 N–H and O–H groups in total. The van der Waals surface area contributed by atoms with Gasteiger partial charge in [0, 0.05) is 11.7 Å². The number of amides is 2. The van der Waals surface area contributed by atoms with Crippen LogP contribution in [0.4, 0.5) is 37.8 Å². The molecule has 1 fully saturated rings. The maximum Gasteiger partial charge on any atom is 0.490 e. The Kier molecular flexibility index (Phi) is 14.5. The topological polar surface area (TPSA) is 193 Å². The third-order valence-electron chi connectivity index (χ3n) is 6.42. The summed E-state index contributed by atoms with van der Waals surface area (Å²) in [5.41, 5.74) is 7.61. The second kappa shape index (κ2) is 17.6. The molecule has 2 aromatic carbocycles. The Morgan fingerprint density at radius 1 is 0.860 bits per heavy atom. The maximum absolute atomic E-state index is 13.4. The number of piperidine rings is 1. The lowest BCUT2D eigenvalue weighted by molar-refractivity contribution is -0.193. The number of hydrogen-bond donors (Lipinski definition) is 6. The van der Waals surface area contributed by atoms with Gasteiger partial charge in [-0.1, -0.05) is 29.8 Å². The van der Waals surface area contributed by atoms with Gasteiger partial charge in [-0.15, -0.1) is 0 Å². The summed E-state index contributed by atoms with van der Waals surface area (Å²) >= 11 is 5.87. The second-order valence-corrected chi connectivity index (χ2v) is 11.4. The van der Waals surface area contributed by atoms with E-state index in [2.05, 4.69) is 20.9 Å². The number of anilines is 2. The van der Waals surface area contributed by atoms with Crippen LogP contribution in [0.1, 0.15) is 53.0 Å². The quantitative estimate of drug-likeness (QED) is 0.161. The van der Waals surface area contributed by atoms with Crippen molar-refractivity contribution in [1.29, 1.82) is 0 Å². The third-order valence-corrected chi connectivity index (χ3v) is 6.65. The van der Waals surface area contributed by atoms with E-state index >= 15 is 0 Å². The van der Waals surface area contributed by atoms with Crippen LogP contribution in [-0.4, -0.2) is 70.5 Å². The predicted molar refractivity (Wildman–Crippen MR) is 169 cm³/mol. The SMILES string of the molecule is CC(C)(N)c1ccc(C(=O)Nc2ccccc2C(=O)Nc2ccc(Cl)cn2)c(OC2CCNCC2)c1.O=C(O)C(F)(F)F.O=C(O)C(F)(F)F. The van der Waals surface area contributed by atoms with Crippen LogP contribution in [0.2, 0.25) is 5.02 Å². The number of nitrogens with zero attached hydrogens (tertiary/aromatic N) is 1. The van der Waals surface area contributed by atoms with Gasteiger partial charge >= 0.3 is 24.3 Å². The van der Waals surface area contributed by atoms with E-state index in [9.17, 15) is 35.9 Å². The Hall–Kier alpha value is -4.94. The first-order valence-electron chi connectivity index (χ1n) is 14.3. The zero-order valence-corrected chi connectivity index (χ0v) is 27.0. The van der Waals surface area contributed by atoms with E-state index in [1.54, 1.807) is 42.5 Å². The lowest BCUT2D eigenvalue weighted by atomic mass is 9.94. The first kappa shape index (κ1) is 41.2. The summed E-state index contributed by atoms with van der Waals surface area (Å²) in [5.74, 6) is -5.48. The number of halogens is 7. The molecule has 0 atom stereocenters. The molecular weight excluding hydrogens is 704 g/mol. The minimum absolute atomic E-state index is 0.00104. The summed E-state index contributed by atoms with van der Waals surface area (Å²) in [6.07, 6.45) is -7.03. The molecule has 19 heteroatoms. The van der Waals surface area contributed by atoms with Gasteiger partial charge in [0.2, 0.25) is 0 Å². The van der Waals surface area contributed by atoms with Gasteiger partial charge in [-0.25, -0.2) is 14.6 Å². The zero-order chi connectivity index (χ0) is 37.9. The molecule has 1 aliphatic heterocycles. The Bertz CT molecular complexity index is 1620. The van der Waals surface area contributed by atoms with Crippen LogP contribution in [0.15, 0.2) is 60.8 Å². The van der Waals surface area contributed by atoms with Crippen molar-refractivity contribution in [2.45, 2.75) is 50.7 Å². The summed E-state index contributed by atoms with van der Waals surface area (Å²) in [6.45, 7) is 5.53. The van der Waals surface area contributed by atoms with E-state index in [-0.39, 0.29) is 12.0 Å². The van der Waals surface area contributed by atoms with Crippen LogP contribution in [0.5, 0.6) is 5.75 Å². The van der Waals surface area contributed by atoms with Crippen LogP contribution in [-0.2, 0) is 15.1 Å². The van der Waals surface area contributed by atoms with Gasteiger partial charge in [-0.3, -0.25) is 9.59 Å². The molecule has 0 aliphatic carbocycles. The third kappa shape index (κ3) is 13.5. The summed E-state index contributed by atoms with van der Waals surface area (Å²) in [4.78, 5) is 48.2. The molecule has 0 saturated carbocycles. The molecule has 12 nitrogen and oxygen atoms in total. The van der Waals surface area contributed by atoms with Crippen molar-refractivity contribution in [2.24, 2.45) is 5.73 Å². The van der Waals surface area contributed by atoms with Crippen LogP contribution in [0.25, 0.3) is 0 Å². The largest absolute Gasteiger partial charge is 0.490 e. The number of pyridine rings is 1. The van der Waals surface area contributed by atoms with Crippen molar-refractivity contribution >= 4 is 46.9 Å². The van der Waals surface area contributed by atoms with E-state index in [1.165, 1.54) is 6.20 Å². The number of para-hydroxylation sites is 1. The highest BCUT2D eigenvalue weighted by Crippen LogP contribution is 2.29. The fourth-order valence-corrected chi connectivity index (χ4v) is 4.03. The van der Waals surface area contributed by atoms with E-state index < -0.39 is 35.7 Å². The van der Waals surface area contributed by atoms with Crippen molar-refractivity contribution in [1.82, 2.24) is 10.3 Å². The van der Waals surface area contributed by atoms with E-state index in [0.717, 1.165) is 31.5 Å². The maximum atomic E-state index is 13.4. The van der Waals surface area contributed by atoms with Gasteiger partial charge in [-0.2, -0.15) is 26.3 Å². The molecule has 272 valence electrons. The molecular formula is C31H32ClF6N5O7. The van der Waals surface area contributed by atoms with Crippen LogP contribution in [0.3, 0.4) is 0 Å². The van der Waals surface area contributed by atoms with Crippen molar-refractivity contribution in [3.8, 4) is 5.75 Å². The van der Waals surface area contributed by atoms with Gasteiger partial charge in [0.15, 0.2) is 0 Å². The Balaban J connectivity index is 0.000000521. The molecule has 0 radical (unpaired) electrons. The minimum atomic E-state index is -5.08. The molecule has 2 amide bonds. The zero-order valence-electron chi connectivity index (χ0n) is 26.3. The minimum Gasteiger partial charge on any atom is -0.489 e. The number of hydrogen-bond acceptors (Lipinski definition) is 8. The highest BCUT2D eigenvalue weighted by Gasteiger charge is 2.39. The number of aromatic nitrogens is 1. The molecule has 3 aromatic rings. The number of ether oxygens (including phenoxy) is 1. The van der Waals surface area contributed by atoms with Crippen molar-refractivity contribution in [2.75, 3.05) is 23.7 Å².